The second kappa shape index (κ2) is 67.1. The maximum atomic E-state index is 13.0. The van der Waals surface area contributed by atoms with Crippen LogP contribution in [0.1, 0.15) is 362 Å². The molecular formula is C73H138O17P2. The van der Waals surface area contributed by atoms with E-state index in [1.165, 1.54) is 161 Å². The molecule has 92 heavy (non-hydrogen) atoms. The molecule has 0 bridgehead atoms. The Morgan fingerprint density at radius 1 is 0.304 bits per heavy atom. The van der Waals surface area contributed by atoms with Gasteiger partial charge in [0.25, 0.3) is 0 Å². The van der Waals surface area contributed by atoms with Crippen molar-refractivity contribution in [1.82, 2.24) is 0 Å². The molecule has 0 saturated heterocycles. The second-order valence-electron chi connectivity index (χ2n) is 25.6. The molecule has 2 unspecified atom stereocenters. The molecule has 3 N–H and O–H groups in total. The van der Waals surface area contributed by atoms with E-state index < -0.39 is 97.5 Å². The fourth-order valence-electron chi connectivity index (χ4n) is 10.7. The lowest BCUT2D eigenvalue weighted by molar-refractivity contribution is -0.161. The van der Waals surface area contributed by atoms with Gasteiger partial charge < -0.3 is 33.8 Å². The van der Waals surface area contributed by atoms with Crippen molar-refractivity contribution in [2.45, 2.75) is 380 Å². The predicted molar refractivity (Wildman–Crippen MR) is 372 cm³/mol. The van der Waals surface area contributed by atoms with Crippen molar-refractivity contribution < 1.29 is 80.2 Å². The van der Waals surface area contributed by atoms with E-state index >= 15 is 0 Å². The summed E-state index contributed by atoms with van der Waals surface area (Å²) in [5, 5.41) is 10.6. The normalized spacial score (nSPS) is 14.1. The number of aliphatic hydroxyl groups is 1. The van der Waals surface area contributed by atoms with Gasteiger partial charge in [0.1, 0.15) is 19.3 Å². The van der Waals surface area contributed by atoms with Gasteiger partial charge in [-0.3, -0.25) is 37.3 Å². The molecule has 0 aromatic rings. The lowest BCUT2D eigenvalue weighted by Gasteiger charge is -2.21. The summed E-state index contributed by atoms with van der Waals surface area (Å²) in [4.78, 5) is 72.5. The lowest BCUT2D eigenvalue weighted by Crippen LogP contribution is -2.30. The first-order chi connectivity index (χ1) is 44.7. The Morgan fingerprint density at radius 2 is 0.522 bits per heavy atom. The van der Waals surface area contributed by atoms with Gasteiger partial charge in [0, 0.05) is 25.7 Å². The summed E-state index contributed by atoms with van der Waals surface area (Å²) in [6.07, 6.45) is 59.2. The van der Waals surface area contributed by atoms with Crippen LogP contribution in [0.3, 0.4) is 0 Å². The molecule has 0 radical (unpaired) electrons. The van der Waals surface area contributed by atoms with E-state index in [2.05, 4.69) is 52.0 Å². The number of aliphatic hydroxyl groups excluding tert-OH is 1. The van der Waals surface area contributed by atoms with E-state index in [1.807, 2.05) is 0 Å². The lowest BCUT2D eigenvalue weighted by atomic mass is 10.0. The van der Waals surface area contributed by atoms with Crippen LogP contribution in [-0.2, 0) is 65.4 Å². The summed E-state index contributed by atoms with van der Waals surface area (Å²) >= 11 is 0. The minimum absolute atomic E-state index is 0.102. The highest BCUT2D eigenvalue weighted by Crippen LogP contribution is 2.45. The van der Waals surface area contributed by atoms with Gasteiger partial charge >= 0.3 is 39.5 Å². The fraction of sp³-hybridized carbons (Fsp3) is 0.890. The summed E-state index contributed by atoms with van der Waals surface area (Å²) in [5.74, 6) is -2.15. The van der Waals surface area contributed by atoms with Crippen LogP contribution in [0.2, 0.25) is 0 Å². The molecule has 0 rings (SSSR count). The minimum atomic E-state index is -4.96. The molecule has 0 aromatic carbocycles. The summed E-state index contributed by atoms with van der Waals surface area (Å²) < 4.78 is 68.2. The third kappa shape index (κ3) is 66.2. The molecule has 0 spiro atoms. The van der Waals surface area contributed by atoms with Crippen LogP contribution in [0.15, 0.2) is 24.3 Å². The number of esters is 4. The van der Waals surface area contributed by atoms with E-state index in [0.717, 1.165) is 122 Å². The number of allylic oxidation sites excluding steroid dienone is 4. The quantitative estimate of drug-likeness (QED) is 0.0169. The van der Waals surface area contributed by atoms with E-state index in [1.54, 1.807) is 0 Å². The third-order valence-corrected chi connectivity index (χ3v) is 18.4. The Morgan fingerprint density at radius 3 is 0.793 bits per heavy atom. The van der Waals surface area contributed by atoms with Crippen molar-refractivity contribution in [3.8, 4) is 0 Å². The Hall–Kier alpha value is -2.46. The highest BCUT2D eigenvalue weighted by Gasteiger charge is 2.30. The van der Waals surface area contributed by atoms with Gasteiger partial charge in [-0.25, -0.2) is 9.13 Å². The topological polar surface area (TPSA) is 237 Å². The monoisotopic (exact) mass is 1350 g/mol. The maximum Gasteiger partial charge on any atom is 0.472 e. The zero-order valence-corrected chi connectivity index (χ0v) is 60.8. The summed E-state index contributed by atoms with van der Waals surface area (Å²) in [6.45, 7) is 4.85. The summed E-state index contributed by atoms with van der Waals surface area (Å²) in [7, 11) is -9.91. The Labute approximate surface area is 561 Å². The number of carbonyl (C=O) groups is 4. The standard InChI is InChI=1S/C73H138O17P2/c1-5-9-13-17-21-24-27-29-31-32-33-34-36-38-41-44-48-52-56-60-73(78)90-69(64-84-71(76)58-54-50-46-42-40-37-35-30-28-25-22-18-14-10-6-2)66-88-92(81,82)86-62-67(74)61-85-91(79,80)87-65-68(63-83-70(75)57-53-49-45-20-16-12-8-4)89-72(77)59-55-51-47-43-39-26-23-19-15-11-7-3/h25,28,30,35,67-69,74H,5-24,26-27,29,31-34,36-66H2,1-4H3,(H,79,80)(H,81,82)/b28-25-,35-30-/t67-,68+,69+/m0/s1. The molecular weight excluding hydrogens is 1210 g/mol. The number of ether oxygens (including phenoxy) is 4. The number of phosphoric acid groups is 2. The smallest absolute Gasteiger partial charge is 0.462 e. The summed E-state index contributed by atoms with van der Waals surface area (Å²) in [5.41, 5.74) is 0. The zero-order valence-electron chi connectivity index (χ0n) is 59.0. The van der Waals surface area contributed by atoms with Gasteiger partial charge in [0.15, 0.2) is 12.2 Å². The molecule has 542 valence electrons. The van der Waals surface area contributed by atoms with Crippen molar-refractivity contribution >= 4 is 39.5 Å². The van der Waals surface area contributed by atoms with Crippen molar-refractivity contribution in [2.24, 2.45) is 0 Å². The number of carbonyl (C=O) groups excluding carboxylic acids is 4. The zero-order chi connectivity index (χ0) is 67.5. The molecule has 0 heterocycles. The average molecular weight is 1350 g/mol. The predicted octanol–water partition coefficient (Wildman–Crippen LogP) is 21.0. The van der Waals surface area contributed by atoms with Gasteiger partial charge in [-0.15, -0.1) is 0 Å². The molecule has 5 atom stereocenters. The van der Waals surface area contributed by atoms with Crippen LogP contribution < -0.4 is 0 Å². The molecule has 0 saturated carbocycles. The van der Waals surface area contributed by atoms with Crippen molar-refractivity contribution in [1.29, 1.82) is 0 Å². The van der Waals surface area contributed by atoms with Crippen LogP contribution in [0.25, 0.3) is 0 Å². The maximum absolute atomic E-state index is 13.0. The van der Waals surface area contributed by atoms with E-state index in [4.69, 9.17) is 37.0 Å². The molecule has 17 nitrogen and oxygen atoms in total. The highest BCUT2D eigenvalue weighted by molar-refractivity contribution is 7.47. The van der Waals surface area contributed by atoms with Crippen LogP contribution >= 0.6 is 15.6 Å². The van der Waals surface area contributed by atoms with E-state index in [9.17, 15) is 43.2 Å². The van der Waals surface area contributed by atoms with Gasteiger partial charge in [0.05, 0.1) is 26.4 Å². The first kappa shape index (κ1) is 89.5. The molecule has 0 aliphatic heterocycles. The number of phosphoric ester groups is 2. The van der Waals surface area contributed by atoms with Crippen LogP contribution in [0.5, 0.6) is 0 Å². The highest BCUT2D eigenvalue weighted by atomic mass is 31.2. The first-order valence-corrected chi connectivity index (χ1v) is 40.6. The fourth-order valence-corrected chi connectivity index (χ4v) is 12.3. The Bertz CT molecular complexity index is 1850. The van der Waals surface area contributed by atoms with Crippen LogP contribution in [-0.4, -0.2) is 96.7 Å². The van der Waals surface area contributed by atoms with Gasteiger partial charge in [-0.05, 0) is 51.4 Å². The van der Waals surface area contributed by atoms with Gasteiger partial charge in [-0.2, -0.15) is 0 Å². The van der Waals surface area contributed by atoms with Crippen molar-refractivity contribution in [3.05, 3.63) is 24.3 Å². The van der Waals surface area contributed by atoms with Gasteiger partial charge in [0.2, 0.25) is 0 Å². The molecule has 0 fully saturated rings. The SMILES string of the molecule is CCCCCC/C=C\C=C/CCCCCCCC(=O)OC[C@H](COP(=O)(O)OC[C@@H](O)COP(=O)(O)OC[C@@H](COC(=O)CCCCCCCCC)OC(=O)CCCCCCCCCCCCC)OC(=O)CCCCCCCCCCCCCCCCCCCCC. The molecule has 0 aliphatic carbocycles. The number of hydrogen-bond acceptors (Lipinski definition) is 15. The molecule has 19 heteroatoms. The average Bonchev–Trinajstić information content (AvgIpc) is 3.75. The molecule has 0 aromatic heterocycles. The second-order valence-corrected chi connectivity index (χ2v) is 28.6. The largest absolute Gasteiger partial charge is 0.472 e. The number of unbranched alkanes of at least 4 members (excludes halogenated alkanes) is 43. The third-order valence-electron chi connectivity index (χ3n) is 16.5. The van der Waals surface area contributed by atoms with Crippen LogP contribution in [0.4, 0.5) is 0 Å². The number of hydrogen-bond donors (Lipinski definition) is 3. The Balaban J connectivity index is 5.21. The Kier molecular flexibility index (Phi) is 65.3. The van der Waals surface area contributed by atoms with E-state index in [-0.39, 0.29) is 25.7 Å². The number of rotatable bonds is 72. The van der Waals surface area contributed by atoms with Gasteiger partial charge in [-0.1, -0.05) is 309 Å². The summed E-state index contributed by atoms with van der Waals surface area (Å²) in [6, 6.07) is 0. The van der Waals surface area contributed by atoms with Crippen molar-refractivity contribution in [3.63, 3.8) is 0 Å². The molecule has 0 aliphatic rings. The minimum Gasteiger partial charge on any atom is -0.462 e. The van der Waals surface area contributed by atoms with E-state index in [0.29, 0.717) is 25.7 Å². The van der Waals surface area contributed by atoms with Crippen molar-refractivity contribution in [2.75, 3.05) is 39.6 Å². The first-order valence-electron chi connectivity index (χ1n) is 37.6. The van der Waals surface area contributed by atoms with Crippen LogP contribution in [0, 0.1) is 0 Å². The molecule has 0 amide bonds.